The first-order valence-electron chi connectivity index (χ1n) is 5.88. The van der Waals surface area contributed by atoms with Gasteiger partial charge in [0.15, 0.2) is 0 Å². The van der Waals surface area contributed by atoms with Gasteiger partial charge in [-0.05, 0) is 11.6 Å². The summed E-state index contributed by atoms with van der Waals surface area (Å²) < 4.78 is 5.05. The zero-order valence-electron chi connectivity index (χ0n) is 10.9. The number of aliphatic hydroxyl groups is 2. The number of hydrogen-bond donors (Lipinski definition) is 4. The van der Waals surface area contributed by atoms with Crippen molar-refractivity contribution in [1.82, 2.24) is 0 Å². The van der Waals surface area contributed by atoms with Crippen molar-refractivity contribution in [1.29, 1.82) is 0 Å². The minimum atomic E-state index is -1.33. The number of primary amides is 1. The van der Waals surface area contributed by atoms with Crippen LogP contribution in [0, 0.1) is 0 Å². The number of carbonyl (C=O) groups is 2. The number of amides is 1. The monoisotopic (exact) mass is 283 g/mol. The Balaban J connectivity index is 2.96. The SMILES string of the molecule is COc1cc(C(O)C(O)CC(N)=O)ccc1CC(=O)O. The third-order valence-electron chi connectivity index (χ3n) is 2.77. The third-order valence-corrected chi connectivity index (χ3v) is 2.77. The Bertz CT molecular complexity index is 502. The lowest BCUT2D eigenvalue weighted by molar-refractivity contribution is -0.136. The first-order valence-corrected chi connectivity index (χ1v) is 5.88. The predicted octanol–water partition coefficient (Wildman–Crippen LogP) is -0.408. The Morgan fingerprint density at radius 1 is 1.35 bits per heavy atom. The molecule has 2 atom stereocenters. The topological polar surface area (TPSA) is 130 Å². The molecular formula is C13H17NO6. The van der Waals surface area contributed by atoms with Gasteiger partial charge in [-0.15, -0.1) is 0 Å². The van der Waals surface area contributed by atoms with Gasteiger partial charge in [-0.25, -0.2) is 0 Å². The maximum absolute atomic E-state index is 10.7. The van der Waals surface area contributed by atoms with Crippen LogP contribution < -0.4 is 10.5 Å². The van der Waals surface area contributed by atoms with Gasteiger partial charge in [-0.3, -0.25) is 9.59 Å². The number of carboxylic acids is 1. The Morgan fingerprint density at radius 3 is 2.50 bits per heavy atom. The zero-order valence-corrected chi connectivity index (χ0v) is 10.9. The van der Waals surface area contributed by atoms with Crippen molar-refractivity contribution in [3.8, 4) is 5.75 Å². The second-order valence-electron chi connectivity index (χ2n) is 4.32. The molecule has 0 fully saturated rings. The third kappa shape index (κ3) is 4.22. The number of aliphatic carboxylic acids is 1. The van der Waals surface area contributed by atoms with Crippen LogP contribution in [0.25, 0.3) is 0 Å². The van der Waals surface area contributed by atoms with E-state index in [9.17, 15) is 19.8 Å². The molecule has 1 amide bonds. The van der Waals surface area contributed by atoms with E-state index in [0.29, 0.717) is 11.1 Å². The molecule has 1 aromatic rings. The first-order chi connectivity index (χ1) is 9.35. The van der Waals surface area contributed by atoms with Crippen LogP contribution in [0.4, 0.5) is 0 Å². The standard InChI is InChI=1S/C13H17NO6/c1-20-10-4-8(3-2-7(10)5-12(17)18)13(19)9(15)6-11(14)16/h2-4,9,13,15,19H,5-6H2,1H3,(H2,14,16)(H,17,18). The highest BCUT2D eigenvalue weighted by atomic mass is 16.5. The van der Waals surface area contributed by atoms with Gasteiger partial charge in [0.25, 0.3) is 0 Å². The van der Waals surface area contributed by atoms with Crippen molar-refractivity contribution < 1.29 is 29.6 Å². The molecule has 0 aliphatic rings. The predicted molar refractivity (Wildman–Crippen MR) is 69.1 cm³/mol. The molecule has 0 bridgehead atoms. The lowest BCUT2D eigenvalue weighted by Crippen LogP contribution is -2.25. The van der Waals surface area contributed by atoms with Crippen LogP contribution in [-0.4, -0.2) is 40.4 Å². The Kier molecular flexibility index (Phi) is 5.48. The van der Waals surface area contributed by atoms with Gasteiger partial charge >= 0.3 is 5.97 Å². The van der Waals surface area contributed by atoms with E-state index in [-0.39, 0.29) is 18.6 Å². The molecular weight excluding hydrogens is 266 g/mol. The summed E-state index contributed by atoms with van der Waals surface area (Å²) in [6.07, 6.45) is -3.23. The summed E-state index contributed by atoms with van der Waals surface area (Å²) in [7, 11) is 1.37. The maximum atomic E-state index is 10.7. The molecule has 0 saturated heterocycles. The molecule has 7 nitrogen and oxygen atoms in total. The molecule has 1 aromatic carbocycles. The molecule has 110 valence electrons. The van der Waals surface area contributed by atoms with Crippen LogP contribution in [0.3, 0.4) is 0 Å². The largest absolute Gasteiger partial charge is 0.496 e. The Hall–Kier alpha value is -2.12. The van der Waals surface area contributed by atoms with E-state index < -0.39 is 24.1 Å². The minimum absolute atomic E-state index is 0.219. The number of methoxy groups -OCH3 is 1. The molecule has 1 rings (SSSR count). The number of aliphatic hydroxyl groups excluding tert-OH is 2. The summed E-state index contributed by atoms with van der Waals surface area (Å²) in [5, 5.41) is 28.3. The number of carbonyl (C=O) groups excluding carboxylic acids is 1. The van der Waals surface area contributed by atoms with Gasteiger partial charge in [-0.1, -0.05) is 12.1 Å². The van der Waals surface area contributed by atoms with E-state index in [0.717, 1.165) is 0 Å². The van der Waals surface area contributed by atoms with Crippen LogP contribution in [0.5, 0.6) is 5.75 Å². The van der Waals surface area contributed by atoms with Crippen molar-refractivity contribution in [2.75, 3.05) is 7.11 Å². The summed E-state index contributed by atoms with van der Waals surface area (Å²) in [5.41, 5.74) is 5.70. The molecule has 20 heavy (non-hydrogen) atoms. The Morgan fingerprint density at radius 2 is 2.00 bits per heavy atom. The summed E-state index contributed by atoms with van der Waals surface area (Å²) in [4.78, 5) is 21.4. The highest BCUT2D eigenvalue weighted by Gasteiger charge is 2.21. The van der Waals surface area contributed by atoms with Crippen molar-refractivity contribution in [2.45, 2.75) is 25.0 Å². The highest BCUT2D eigenvalue weighted by Crippen LogP contribution is 2.26. The van der Waals surface area contributed by atoms with Crippen LogP contribution >= 0.6 is 0 Å². The van der Waals surface area contributed by atoms with E-state index in [1.165, 1.54) is 25.3 Å². The summed E-state index contributed by atoms with van der Waals surface area (Å²) in [6, 6.07) is 4.38. The average molecular weight is 283 g/mol. The van der Waals surface area contributed by atoms with Gasteiger partial charge in [0, 0.05) is 5.56 Å². The summed E-state index contributed by atoms with van der Waals surface area (Å²) in [5.74, 6) is -1.45. The molecule has 5 N–H and O–H groups in total. The smallest absolute Gasteiger partial charge is 0.307 e. The van der Waals surface area contributed by atoms with Crippen LogP contribution in [0.1, 0.15) is 23.7 Å². The number of hydrogen-bond acceptors (Lipinski definition) is 5. The molecule has 0 radical (unpaired) electrons. The fourth-order valence-corrected chi connectivity index (χ4v) is 1.79. The molecule has 0 heterocycles. The van der Waals surface area contributed by atoms with Crippen molar-refractivity contribution in [2.24, 2.45) is 5.73 Å². The number of carboxylic acid groups (broad SMARTS) is 1. The minimum Gasteiger partial charge on any atom is -0.496 e. The van der Waals surface area contributed by atoms with Gasteiger partial charge < -0.3 is 25.8 Å². The molecule has 0 saturated carbocycles. The van der Waals surface area contributed by atoms with Gasteiger partial charge in [-0.2, -0.15) is 0 Å². The van der Waals surface area contributed by atoms with E-state index in [4.69, 9.17) is 15.6 Å². The van der Waals surface area contributed by atoms with Gasteiger partial charge in [0.05, 0.1) is 26.1 Å². The summed E-state index contributed by atoms with van der Waals surface area (Å²) >= 11 is 0. The Labute approximate surface area is 115 Å². The van der Waals surface area contributed by atoms with Crippen molar-refractivity contribution >= 4 is 11.9 Å². The lowest BCUT2D eigenvalue weighted by atomic mass is 9.99. The second kappa shape index (κ2) is 6.88. The van der Waals surface area contributed by atoms with Crippen LogP contribution in [-0.2, 0) is 16.0 Å². The van der Waals surface area contributed by atoms with E-state index >= 15 is 0 Å². The molecule has 2 unspecified atom stereocenters. The number of ether oxygens (including phenoxy) is 1. The maximum Gasteiger partial charge on any atom is 0.307 e. The van der Waals surface area contributed by atoms with Gasteiger partial charge in [0.2, 0.25) is 5.91 Å². The van der Waals surface area contributed by atoms with E-state index in [2.05, 4.69) is 0 Å². The molecule has 0 aromatic heterocycles. The molecule has 0 aliphatic carbocycles. The van der Waals surface area contributed by atoms with E-state index in [1.807, 2.05) is 0 Å². The molecule has 0 aliphatic heterocycles. The zero-order chi connectivity index (χ0) is 15.3. The van der Waals surface area contributed by atoms with E-state index in [1.54, 1.807) is 0 Å². The second-order valence-corrected chi connectivity index (χ2v) is 4.32. The van der Waals surface area contributed by atoms with Crippen molar-refractivity contribution in [3.05, 3.63) is 29.3 Å². The fourth-order valence-electron chi connectivity index (χ4n) is 1.79. The number of nitrogens with two attached hydrogens (primary N) is 1. The average Bonchev–Trinajstić information content (AvgIpc) is 2.36. The number of benzene rings is 1. The molecule has 0 spiro atoms. The van der Waals surface area contributed by atoms with Crippen LogP contribution in [0.2, 0.25) is 0 Å². The quantitative estimate of drug-likeness (QED) is 0.538. The first kappa shape index (κ1) is 15.9. The number of rotatable bonds is 7. The highest BCUT2D eigenvalue weighted by molar-refractivity contribution is 5.74. The normalized spacial score (nSPS) is 13.6. The van der Waals surface area contributed by atoms with Crippen molar-refractivity contribution in [3.63, 3.8) is 0 Å². The lowest BCUT2D eigenvalue weighted by Gasteiger charge is -2.18. The summed E-state index contributed by atoms with van der Waals surface area (Å²) in [6.45, 7) is 0. The van der Waals surface area contributed by atoms with Gasteiger partial charge in [0.1, 0.15) is 11.9 Å². The molecule has 7 heteroatoms. The fraction of sp³-hybridized carbons (Fsp3) is 0.385. The van der Waals surface area contributed by atoms with Crippen LogP contribution in [0.15, 0.2) is 18.2 Å².